The van der Waals surface area contributed by atoms with E-state index in [0.29, 0.717) is 22.3 Å². The maximum absolute atomic E-state index is 13.4. The first-order valence-electron chi connectivity index (χ1n) is 10.8. The summed E-state index contributed by atoms with van der Waals surface area (Å²) in [6, 6.07) is 12.0. The molecule has 0 saturated heterocycles. The Morgan fingerprint density at radius 2 is 1.78 bits per heavy atom. The Kier molecular flexibility index (Phi) is 7.48. The van der Waals surface area contributed by atoms with E-state index < -0.39 is 21.4 Å². The molecule has 4 rings (SSSR count). The monoisotopic (exact) mass is 529 g/mol. The molecule has 3 aromatic heterocycles. The highest BCUT2D eigenvalue weighted by Crippen LogP contribution is 2.29. The molecule has 0 unspecified atom stereocenters. The van der Waals surface area contributed by atoms with Crippen LogP contribution in [-0.2, 0) is 14.8 Å². The molecule has 0 amide bonds. The van der Waals surface area contributed by atoms with Crippen molar-refractivity contribution in [1.82, 2.24) is 29.7 Å². The summed E-state index contributed by atoms with van der Waals surface area (Å²) in [6.45, 7) is 3.34. The molecule has 36 heavy (non-hydrogen) atoms. The fourth-order valence-electron chi connectivity index (χ4n) is 3.47. The summed E-state index contributed by atoms with van der Waals surface area (Å²) >= 11 is 6.22. The van der Waals surface area contributed by atoms with Gasteiger partial charge in [0.1, 0.15) is 17.0 Å². The molecule has 188 valence electrons. The van der Waals surface area contributed by atoms with Crippen LogP contribution in [0.15, 0.2) is 54.9 Å². The molecular formula is C23H24ClN7O4S. The van der Waals surface area contributed by atoms with Gasteiger partial charge in [-0.3, -0.25) is 9.29 Å². The van der Waals surface area contributed by atoms with Crippen LogP contribution in [0.25, 0.3) is 17.2 Å². The van der Waals surface area contributed by atoms with Crippen LogP contribution in [0.5, 0.6) is 5.88 Å². The molecule has 0 aliphatic rings. The average Bonchev–Trinajstić information content (AvgIpc) is 3.28. The van der Waals surface area contributed by atoms with Crippen molar-refractivity contribution in [3.63, 3.8) is 0 Å². The van der Waals surface area contributed by atoms with Crippen molar-refractivity contribution in [3.8, 4) is 23.1 Å². The molecule has 0 aliphatic carbocycles. The molecule has 0 bridgehead atoms. The number of anilines is 1. The van der Waals surface area contributed by atoms with Crippen LogP contribution in [-0.4, -0.2) is 57.6 Å². The van der Waals surface area contributed by atoms with Crippen LogP contribution in [0, 0.1) is 6.92 Å². The van der Waals surface area contributed by atoms with E-state index >= 15 is 0 Å². The molecule has 0 radical (unpaired) electrons. The van der Waals surface area contributed by atoms with Crippen molar-refractivity contribution >= 4 is 27.6 Å². The van der Waals surface area contributed by atoms with Gasteiger partial charge in [0.25, 0.3) is 0 Å². The average molecular weight is 530 g/mol. The van der Waals surface area contributed by atoms with Gasteiger partial charge < -0.3 is 9.47 Å². The smallest absolute Gasteiger partial charge is 0.243 e. The molecule has 3 heterocycles. The summed E-state index contributed by atoms with van der Waals surface area (Å²) < 4.78 is 41.6. The standard InChI is InChI=1S/C23H24ClN7O4S/c1-14-12-25-21(26-13-14)20(35-4)15(2)36(32,33)30-23-29-28-22(18-9-6-10-19(27-18)34-3)31(23)17-8-5-7-16(24)11-17/h5-13,15,20H,1-4H3,(H,29,30)/t15-,20-/m0/s1. The van der Waals surface area contributed by atoms with E-state index in [1.54, 1.807) is 54.9 Å². The number of pyridine rings is 1. The Labute approximate surface area is 213 Å². The number of sulfonamides is 1. The number of aromatic nitrogens is 6. The second-order valence-corrected chi connectivity index (χ2v) is 10.3. The number of halogens is 1. The third-order valence-electron chi connectivity index (χ3n) is 5.35. The second-order valence-electron chi connectivity index (χ2n) is 7.85. The Morgan fingerprint density at radius 3 is 2.44 bits per heavy atom. The molecular weight excluding hydrogens is 506 g/mol. The number of aryl methyl sites for hydroxylation is 1. The molecule has 0 saturated carbocycles. The van der Waals surface area contributed by atoms with E-state index in [4.69, 9.17) is 21.1 Å². The van der Waals surface area contributed by atoms with E-state index in [1.807, 2.05) is 6.92 Å². The van der Waals surface area contributed by atoms with Gasteiger partial charge in [-0.2, -0.15) is 0 Å². The maximum Gasteiger partial charge on any atom is 0.243 e. The lowest BCUT2D eigenvalue weighted by Gasteiger charge is -2.22. The summed E-state index contributed by atoms with van der Waals surface area (Å²) in [5.74, 6) is 0.846. The zero-order chi connectivity index (χ0) is 25.9. The summed E-state index contributed by atoms with van der Waals surface area (Å²) in [7, 11) is -1.16. The molecule has 4 aromatic rings. The van der Waals surface area contributed by atoms with Crippen LogP contribution < -0.4 is 9.46 Å². The van der Waals surface area contributed by atoms with Crippen molar-refractivity contribution in [3.05, 3.63) is 71.3 Å². The highest BCUT2D eigenvalue weighted by atomic mass is 35.5. The van der Waals surface area contributed by atoms with Gasteiger partial charge in [0.05, 0.1) is 12.8 Å². The summed E-state index contributed by atoms with van der Waals surface area (Å²) in [6.07, 6.45) is 2.28. The topological polar surface area (TPSA) is 134 Å². The molecule has 0 spiro atoms. The summed E-state index contributed by atoms with van der Waals surface area (Å²) in [5, 5.41) is 7.70. The van der Waals surface area contributed by atoms with E-state index in [1.165, 1.54) is 25.7 Å². The summed E-state index contributed by atoms with van der Waals surface area (Å²) in [4.78, 5) is 12.9. The van der Waals surface area contributed by atoms with Gasteiger partial charge in [0.15, 0.2) is 11.6 Å². The molecule has 11 nitrogen and oxygen atoms in total. The predicted molar refractivity (Wildman–Crippen MR) is 135 cm³/mol. The zero-order valence-electron chi connectivity index (χ0n) is 20.0. The van der Waals surface area contributed by atoms with Gasteiger partial charge in [-0.05, 0) is 43.7 Å². The number of nitrogens with zero attached hydrogens (tertiary/aromatic N) is 6. The normalized spacial score (nSPS) is 13.2. The third-order valence-corrected chi connectivity index (χ3v) is 7.28. The van der Waals surface area contributed by atoms with E-state index in [-0.39, 0.29) is 17.6 Å². The number of nitrogens with one attached hydrogen (secondary N) is 1. The predicted octanol–water partition coefficient (Wildman–Crippen LogP) is 3.61. The molecule has 2 atom stereocenters. The minimum atomic E-state index is -4.06. The maximum atomic E-state index is 13.4. The number of hydrogen-bond acceptors (Lipinski definition) is 9. The molecule has 0 aliphatic heterocycles. The van der Waals surface area contributed by atoms with E-state index in [9.17, 15) is 8.42 Å². The zero-order valence-corrected chi connectivity index (χ0v) is 21.5. The quantitative estimate of drug-likeness (QED) is 0.345. The number of ether oxygens (including phenoxy) is 2. The second kappa shape index (κ2) is 10.6. The minimum absolute atomic E-state index is 0.0524. The van der Waals surface area contributed by atoms with Crippen LogP contribution in [0.4, 0.5) is 5.95 Å². The summed E-state index contributed by atoms with van der Waals surface area (Å²) in [5.41, 5.74) is 1.79. The first-order valence-corrected chi connectivity index (χ1v) is 12.7. The van der Waals surface area contributed by atoms with Gasteiger partial charge in [-0.1, -0.05) is 23.7 Å². The van der Waals surface area contributed by atoms with Gasteiger partial charge in [-0.25, -0.2) is 23.4 Å². The van der Waals surface area contributed by atoms with Gasteiger partial charge in [0, 0.05) is 30.6 Å². The van der Waals surface area contributed by atoms with Crippen molar-refractivity contribution in [1.29, 1.82) is 0 Å². The SMILES string of the molecule is COc1cccc(-c2nnc(NS(=O)(=O)[C@@H](C)[C@H](OC)c3ncc(C)cn3)n2-c2cccc(Cl)c2)n1. The fraction of sp³-hybridized carbons (Fsp3) is 0.261. The Hall–Kier alpha value is -3.61. The molecule has 13 heteroatoms. The molecule has 1 N–H and O–H groups in total. The van der Waals surface area contributed by atoms with Crippen molar-refractivity contribution in [2.24, 2.45) is 0 Å². The van der Waals surface area contributed by atoms with E-state index in [2.05, 4.69) is 29.9 Å². The van der Waals surface area contributed by atoms with Crippen molar-refractivity contribution in [2.75, 3.05) is 18.9 Å². The van der Waals surface area contributed by atoms with Gasteiger partial charge in [-0.15, -0.1) is 10.2 Å². The minimum Gasteiger partial charge on any atom is -0.481 e. The van der Waals surface area contributed by atoms with Crippen LogP contribution in [0.3, 0.4) is 0 Å². The first-order chi connectivity index (χ1) is 17.2. The Bertz CT molecular complexity index is 1460. The van der Waals surface area contributed by atoms with Crippen molar-refractivity contribution < 1.29 is 17.9 Å². The highest BCUT2D eigenvalue weighted by molar-refractivity contribution is 7.93. The first kappa shape index (κ1) is 25.5. The van der Waals surface area contributed by atoms with Gasteiger partial charge >= 0.3 is 0 Å². The number of rotatable bonds is 9. The lowest BCUT2D eigenvalue weighted by Crippen LogP contribution is -2.33. The van der Waals surface area contributed by atoms with Crippen LogP contribution >= 0.6 is 11.6 Å². The van der Waals surface area contributed by atoms with Crippen molar-refractivity contribution in [2.45, 2.75) is 25.2 Å². The third kappa shape index (κ3) is 5.30. The number of benzene rings is 1. The molecule has 1 aromatic carbocycles. The highest BCUT2D eigenvalue weighted by Gasteiger charge is 2.34. The lowest BCUT2D eigenvalue weighted by molar-refractivity contribution is 0.0949. The van der Waals surface area contributed by atoms with Gasteiger partial charge in [0.2, 0.25) is 21.9 Å². The lowest BCUT2D eigenvalue weighted by atomic mass is 10.2. The van der Waals surface area contributed by atoms with E-state index in [0.717, 1.165) is 5.56 Å². The fourth-order valence-corrected chi connectivity index (χ4v) is 4.78. The number of methoxy groups -OCH3 is 2. The largest absolute Gasteiger partial charge is 0.481 e. The number of hydrogen-bond donors (Lipinski definition) is 1. The van der Waals surface area contributed by atoms with Crippen LogP contribution in [0.1, 0.15) is 24.4 Å². The Morgan fingerprint density at radius 1 is 1.06 bits per heavy atom. The molecule has 0 fully saturated rings. The Balaban J connectivity index is 1.76. The van der Waals surface area contributed by atoms with Crippen LogP contribution in [0.2, 0.25) is 5.02 Å².